The molecule has 2 aromatic rings. The zero-order valence-corrected chi connectivity index (χ0v) is 16.7. The van der Waals surface area contributed by atoms with Crippen LogP contribution >= 0.6 is 11.3 Å². The first-order valence-corrected chi connectivity index (χ1v) is 9.96. The van der Waals surface area contributed by atoms with E-state index in [1.165, 1.54) is 12.3 Å². The van der Waals surface area contributed by atoms with Gasteiger partial charge in [0.1, 0.15) is 0 Å². The molecule has 27 heavy (non-hydrogen) atoms. The van der Waals surface area contributed by atoms with Crippen molar-refractivity contribution >= 4 is 23.0 Å². The second-order valence-electron chi connectivity index (χ2n) is 7.73. The lowest BCUT2D eigenvalue weighted by Crippen LogP contribution is -2.38. The molecule has 0 aromatic carbocycles. The van der Waals surface area contributed by atoms with Crippen LogP contribution in [0.1, 0.15) is 50.2 Å². The van der Waals surface area contributed by atoms with Crippen LogP contribution in [0.3, 0.4) is 0 Å². The molecule has 1 aliphatic rings. The molecule has 3 rings (SSSR count). The third-order valence-corrected chi connectivity index (χ3v) is 5.45. The maximum atomic E-state index is 12.8. The van der Waals surface area contributed by atoms with Gasteiger partial charge in [-0.25, -0.2) is 14.8 Å². The number of thiazole rings is 1. The molecule has 3 heterocycles. The number of nitrogens with zero attached hydrogens (tertiary/aromatic N) is 3. The van der Waals surface area contributed by atoms with Gasteiger partial charge in [-0.2, -0.15) is 4.39 Å². The van der Waals surface area contributed by atoms with Gasteiger partial charge in [0, 0.05) is 24.4 Å². The molecule has 0 aliphatic carbocycles. The molecule has 0 saturated carbocycles. The fourth-order valence-corrected chi connectivity index (χ4v) is 3.70. The van der Waals surface area contributed by atoms with Gasteiger partial charge in [-0.3, -0.25) is 0 Å². The van der Waals surface area contributed by atoms with Gasteiger partial charge in [0.15, 0.2) is 0 Å². The highest BCUT2D eigenvalue weighted by molar-refractivity contribution is 7.09. The normalized spacial score (nSPS) is 16.3. The van der Waals surface area contributed by atoms with Gasteiger partial charge in [-0.15, -0.1) is 16.4 Å². The Bertz CT molecular complexity index is 765. The monoisotopic (exact) mass is 392 g/mol. The van der Waals surface area contributed by atoms with Gasteiger partial charge in [0.2, 0.25) is 5.95 Å². The minimum Gasteiger partial charge on any atom is -0.378 e. The van der Waals surface area contributed by atoms with E-state index < -0.39 is 11.4 Å². The minimum atomic E-state index is -0.492. The zero-order chi connectivity index (χ0) is 19.4. The Morgan fingerprint density at radius 2 is 2.11 bits per heavy atom. The molecule has 146 valence electrons. The van der Waals surface area contributed by atoms with E-state index in [1.807, 2.05) is 26.2 Å². The third-order valence-electron chi connectivity index (χ3n) is 4.40. The molecule has 0 radical (unpaired) electrons. The van der Waals surface area contributed by atoms with Crippen LogP contribution < -0.4 is 5.32 Å². The zero-order valence-electron chi connectivity index (χ0n) is 15.9. The number of aromatic nitrogens is 2. The van der Waals surface area contributed by atoms with Crippen LogP contribution in [0.5, 0.6) is 0 Å². The molecule has 0 spiro atoms. The van der Waals surface area contributed by atoms with E-state index in [0.29, 0.717) is 12.5 Å². The van der Waals surface area contributed by atoms with Crippen molar-refractivity contribution in [2.24, 2.45) is 5.41 Å². The second kappa shape index (κ2) is 8.31. The number of carbonyl (C=O) groups is 1. The van der Waals surface area contributed by atoms with Gasteiger partial charge in [0.05, 0.1) is 34.5 Å². The average molecular weight is 393 g/mol. The van der Waals surface area contributed by atoms with Gasteiger partial charge in [0.25, 0.3) is 0 Å². The fourth-order valence-electron chi connectivity index (χ4n) is 2.71. The quantitative estimate of drug-likeness (QED) is 0.777. The number of halogens is 1. The van der Waals surface area contributed by atoms with Crippen LogP contribution in [0, 0.1) is 11.4 Å². The van der Waals surface area contributed by atoms with Crippen molar-refractivity contribution in [1.82, 2.24) is 15.0 Å². The number of nitrogens with one attached hydrogen (secondary N) is 1. The van der Waals surface area contributed by atoms with Crippen LogP contribution in [-0.4, -0.2) is 34.1 Å². The van der Waals surface area contributed by atoms with Crippen LogP contribution in [-0.2, 0) is 16.2 Å². The summed E-state index contributed by atoms with van der Waals surface area (Å²) in [7, 11) is 0. The van der Waals surface area contributed by atoms with Crippen molar-refractivity contribution in [1.29, 1.82) is 0 Å². The molecule has 8 heteroatoms. The van der Waals surface area contributed by atoms with Gasteiger partial charge < -0.3 is 10.2 Å². The number of anilines is 1. The maximum Gasteiger partial charge on any atom is 0.330 e. The first-order valence-electron chi connectivity index (χ1n) is 9.08. The Kier molecular flexibility index (Phi) is 6.06. The van der Waals surface area contributed by atoms with Gasteiger partial charge in [-0.05, 0) is 45.7 Å². The molecule has 1 fully saturated rings. The smallest absolute Gasteiger partial charge is 0.330 e. The molecule has 0 bridgehead atoms. The molecule has 6 nitrogen and oxygen atoms in total. The third kappa shape index (κ3) is 5.46. The van der Waals surface area contributed by atoms with Crippen molar-refractivity contribution in [2.45, 2.75) is 46.1 Å². The number of hydrogen-bond acceptors (Lipinski definition) is 7. The topological polar surface area (TPSA) is 67.3 Å². The van der Waals surface area contributed by atoms with Crippen LogP contribution in [0.15, 0.2) is 23.7 Å². The molecule has 0 atom stereocenters. The molecular weight excluding hydrogens is 367 g/mol. The van der Waals surface area contributed by atoms with Crippen molar-refractivity contribution in [3.63, 3.8) is 0 Å². The van der Waals surface area contributed by atoms with E-state index in [-0.39, 0.29) is 5.97 Å². The maximum absolute atomic E-state index is 12.8. The van der Waals surface area contributed by atoms with Crippen molar-refractivity contribution in [3.8, 4) is 0 Å². The first kappa shape index (κ1) is 19.7. The summed E-state index contributed by atoms with van der Waals surface area (Å²) >= 11 is 1.66. The van der Waals surface area contributed by atoms with E-state index in [1.54, 1.807) is 22.5 Å². The Morgan fingerprint density at radius 1 is 1.37 bits per heavy atom. The summed E-state index contributed by atoms with van der Waals surface area (Å²) in [6.45, 7) is 7.59. The van der Waals surface area contributed by atoms with Crippen LogP contribution in [0.25, 0.3) is 0 Å². The van der Waals surface area contributed by atoms with Gasteiger partial charge in [-0.1, -0.05) is 0 Å². The predicted octanol–water partition coefficient (Wildman–Crippen LogP) is 3.97. The van der Waals surface area contributed by atoms with Crippen molar-refractivity contribution in [2.75, 3.05) is 18.4 Å². The largest absolute Gasteiger partial charge is 0.378 e. The number of hydroxylamine groups is 2. The number of piperidine rings is 1. The molecular formula is C19H25FN4O2S. The van der Waals surface area contributed by atoms with E-state index >= 15 is 0 Å². The lowest BCUT2D eigenvalue weighted by Gasteiger charge is -2.31. The fraction of sp³-hybridized carbons (Fsp3) is 0.526. The SMILES string of the molecule is CC(C)(C)C(=O)ON1CCC(c2nc(CNc3ccc(F)nc3)cs2)CC1. The molecule has 1 aliphatic heterocycles. The summed E-state index contributed by atoms with van der Waals surface area (Å²) in [5.41, 5.74) is 1.23. The standard InChI is InChI=1S/C19H25FN4O2S/c1-19(2,3)18(25)26-24-8-6-13(7-9-24)17-23-15(12-27-17)11-21-14-4-5-16(20)22-10-14/h4-5,10,12-13,21H,6-9,11H2,1-3H3. The van der Waals surface area contributed by atoms with E-state index in [9.17, 15) is 9.18 Å². The highest BCUT2D eigenvalue weighted by Gasteiger charge is 2.29. The summed E-state index contributed by atoms with van der Waals surface area (Å²) in [5.74, 6) is -0.296. The summed E-state index contributed by atoms with van der Waals surface area (Å²) in [6, 6.07) is 2.99. The summed E-state index contributed by atoms with van der Waals surface area (Å²) < 4.78 is 12.8. The Hall–Kier alpha value is -2.06. The summed E-state index contributed by atoms with van der Waals surface area (Å²) in [5, 5.41) is 8.13. The number of rotatable bonds is 5. The van der Waals surface area contributed by atoms with Crippen molar-refractivity contribution < 1.29 is 14.0 Å². The molecule has 0 amide bonds. The number of carbonyl (C=O) groups excluding carboxylic acids is 1. The molecule has 0 unspecified atom stereocenters. The summed E-state index contributed by atoms with van der Waals surface area (Å²) in [6.07, 6.45) is 3.30. The highest BCUT2D eigenvalue weighted by Crippen LogP contribution is 2.31. The van der Waals surface area contributed by atoms with E-state index in [2.05, 4.69) is 10.3 Å². The molecule has 2 aromatic heterocycles. The Labute approximate surface area is 162 Å². The number of hydrogen-bond donors (Lipinski definition) is 1. The predicted molar refractivity (Wildman–Crippen MR) is 103 cm³/mol. The second-order valence-corrected chi connectivity index (χ2v) is 8.62. The lowest BCUT2D eigenvalue weighted by atomic mass is 9.97. The van der Waals surface area contributed by atoms with Gasteiger partial charge >= 0.3 is 5.97 Å². The average Bonchev–Trinajstić information content (AvgIpc) is 3.10. The minimum absolute atomic E-state index is 0.196. The number of pyridine rings is 1. The molecule has 1 saturated heterocycles. The lowest BCUT2D eigenvalue weighted by molar-refractivity contribution is -0.204. The van der Waals surface area contributed by atoms with E-state index in [4.69, 9.17) is 9.82 Å². The summed E-state index contributed by atoms with van der Waals surface area (Å²) in [4.78, 5) is 25.8. The molecule has 1 N–H and O–H groups in total. The van der Waals surface area contributed by atoms with E-state index in [0.717, 1.165) is 42.3 Å². The Morgan fingerprint density at radius 3 is 2.74 bits per heavy atom. The first-order chi connectivity index (χ1) is 12.8. The highest BCUT2D eigenvalue weighted by atomic mass is 32.1. The Balaban J connectivity index is 1.48. The van der Waals surface area contributed by atoms with Crippen LogP contribution in [0.4, 0.5) is 10.1 Å². The van der Waals surface area contributed by atoms with Crippen LogP contribution in [0.2, 0.25) is 0 Å². The van der Waals surface area contributed by atoms with Crippen molar-refractivity contribution in [3.05, 3.63) is 40.4 Å².